The molecule has 0 saturated carbocycles. The molecule has 0 radical (unpaired) electrons. The molecule has 0 unspecified atom stereocenters. The molecule has 7 heteroatoms. The maximum Gasteiger partial charge on any atom is 0.322 e. The molecule has 0 bridgehead atoms. The van der Waals surface area contributed by atoms with Crippen LogP contribution in [0.2, 0.25) is 0 Å². The van der Waals surface area contributed by atoms with Gasteiger partial charge in [-0.2, -0.15) is 13.1 Å². The van der Waals surface area contributed by atoms with Gasteiger partial charge in [-0.25, -0.2) is 4.72 Å². The molecule has 0 heterocycles. The third-order valence-electron chi connectivity index (χ3n) is 1.90. The summed E-state index contributed by atoms with van der Waals surface area (Å²) >= 11 is 0. The van der Waals surface area contributed by atoms with E-state index in [1.54, 1.807) is 13.8 Å². The predicted molar refractivity (Wildman–Crippen MR) is 61.2 cm³/mol. The van der Waals surface area contributed by atoms with Crippen molar-refractivity contribution >= 4 is 16.2 Å². The summed E-state index contributed by atoms with van der Waals surface area (Å²) in [4.78, 5) is 10.8. The molecule has 0 aromatic carbocycles. The number of hydrogen-bond acceptors (Lipinski definition) is 3. The van der Waals surface area contributed by atoms with Gasteiger partial charge in [-0.3, -0.25) is 4.79 Å². The van der Waals surface area contributed by atoms with Crippen molar-refractivity contribution in [2.45, 2.75) is 33.7 Å². The molecule has 6 nitrogen and oxygen atoms in total. The lowest BCUT2D eigenvalue weighted by molar-refractivity contribution is -0.140. The summed E-state index contributed by atoms with van der Waals surface area (Å²) in [5.74, 6) is -1.32. The normalized spacial score (nSPS) is 14.4. The van der Waals surface area contributed by atoms with Crippen molar-refractivity contribution in [1.82, 2.24) is 9.44 Å². The molecule has 16 heavy (non-hydrogen) atoms. The third-order valence-corrected chi connectivity index (χ3v) is 3.01. The van der Waals surface area contributed by atoms with Crippen LogP contribution in [0.5, 0.6) is 0 Å². The SMILES string of the molecule is CC(C)CNS(=O)(=O)N[C@@H](C(=O)O)C(C)C. The zero-order valence-electron chi connectivity index (χ0n) is 10.0. The van der Waals surface area contributed by atoms with Crippen LogP contribution in [0.1, 0.15) is 27.7 Å². The van der Waals surface area contributed by atoms with Gasteiger partial charge in [0.15, 0.2) is 0 Å². The van der Waals surface area contributed by atoms with Crippen LogP contribution in [-0.4, -0.2) is 32.1 Å². The second-order valence-corrected chi connectivity index (χ2v) is 5.95. The molecular formula is C9H20N2O4S. The zero-order chi connectivity index (χ0) is 12.9. The Morgan fingerprint density at radius 3 is 2.06 bits per heavy atom. The van der Waals surface area contributed by atoms with Crippen molar-refractivity contribution in [3.8, 4) is 0 Å². The molecular weight excluding hydrogens is 232 g/mol. The van der Waals surface area contributed by atoms with Gasteiger partial charge in [0.05, 0.1) is 0 Å². The lowest BCUT2D eigenvalue weighted by Gasteiger charge is -2.18. The molecule has 0 saturated heterocycles. The fraction of sp³-hybridized carbons (Fsp3) is 0.889. The van der Waals surface area contributed by atoms with Gasteiger partial charge in [-0.05, 0) is 11.8 Å². The van der Waals surface area contributed by atoms with Crippen molar-refractivity contribution in [3.63, 3.8) is 0 Å². The van der Waals surface area contributed by atoms with Gasteiger partial charge < -0.3 is 5.11 Å². The first-order valence-corrected chi connectivity index (χ1v) is 6.63. The van der Waals surface area contributed by atoms with Gasteiger partial charge in [0, 0.05) is 6.54 Å². The highest BCUT2D eigenvalue weighted by Gasteiger charge is 2.26. The number of hydrogen-bond donors (Lipinski definition) is 3. The Balaban J connectivity index is 4.49. The van der Waals surface area contributed by atoms with E-state index in [-0.39, 0.29) is 18.4 Å². The van der Waals surface area contributed by atoms with E-state index >= 15 is 0 Å². The summed E-state index contributed by atoms with van der Waals surface area (Å²) in [6, 6.07) is -1.11. The Morgan fingerprint density at radius 2 is 1.75 bits per heavy atom. The highest BCUT2D eigenvalue weighted by molar-refractivity contribution is 7.87. The minimum absolute atomic E-state index is 0.166. The van der Waals surface area contributed by atoms with E-state index in [0.29, 0.717) is 0 Å². The van der Waals surface area contributed by atoms with Crippen molar-refractivity contribution in [2.24, 2.45) is 11.8 Å². The molecule has 96 valence electrons. The number of rotatable bonds is 7. The molecule has 0 amide bonds. The molecule has 0 aliphatic rings. The standard InChI is InChI=1S/C9H20N2O4S/c1-6(2)5-10-16(14,15)11-8(7(3)4)9(12)13/h6-8,10-11H,5H2,1-4H3,(H,12,13)/t8-/m1/s1. The van der Waals surface area contributed by atoms with Gasteiger partial charge in [0.25, 0.3) is 10.2 Å². The molecule has 1 atom stereocenters. The summed E-state index contributed by atoms with van der Waals surface area (Å²) in [5, 5.41) is 8.83. The third kappa shape index (κ3) is 6.04. The fourth-order valence-electron chi connectivity index (χ4n) is 0.957. The maximum absolute atomic E-state index is 11.5. The van der Waals surface area contributed by atoms with Crippen molar-refractivity contribution in [1.29, 1.82) is 0 Å². The van der Waals surface area contributed by atoms with Gasteiger partial charge in [0.2, 0.25) is 0 Å². The summed E-state index contributed by atoms with van der Waals surface area (Å²) in [5.41, 5.74) is 0. The Bertz CT molecular complexity index is 324. The van der Waals surface area contributed by atoms with E-state index < -0.39 is 22.2 Å². The van der Waals surface area contributed by atoms with Gasteiger partial charge in [-0.15, -0.1) is 0 Å². The van der Waals surface area contributed by atoms with Gasteiger partial charge in [0.1, 0.15) is 6.04 Å². The van der Waals surface area contributed by atoms with E-state index in [1.165, 1.54) is 0 Å². The molecule has 0 rings (SSSR count). The highest BCUT2D eigenvalue weighted by atomic mass is 32.2. The fourth-order valence-corrected chi connectivity index (χ4v) is 2.30. The van der Waals surface area contributed by atoms with Crippen molar-refractivity contribution in [2.75, 3.05) is 6.54 Å². The van der Waals surface area contributed by atoms with E-state index in [1.807, 2.05) is 13.8 Å². The number of carboxylic acids is 1. The van der Waals surface area contributed by atoms with Crippen LogP contribution in [0.4, 0.5) is 0 Å². The Morgan fingerprint density at radius 1 is 1.25 bits per heavy atom. The predicted octanol–water partition coefficient (Wildman–Crippen LogP) is 0.176. The first-order chi connectivity index (χ1) is 7.15. The smallest absolute Gasteiger partial charge is 0.322 e. The van der Waals surface area contributed by atoms with Gasteiger partial charge in [-0.1, -0.05) is 27.7 Å². The monoisotopic (exact) mass is 252 g/mol. The number of aliphatic carboxylic acids is 1. The Hall–Kier alpha value is -0.660. The largest absolute Gasteiger partial charge is 0.480 e. The summed E-state index contributed by atoms with van der Waals surface area (Å²) in [7, 11) is -3.75. The molecule has 0 fully saturated rings. The average Bonchev–Trinajstić information content (AvgIpc) is 2.10. The van der Waals surface area contributed by atoms with E-state index in [4.69, 9.17) is 5.11 Å². The van der Waals surface area contributed by atoms with Crippen LogP contribution in [0.15, 0.2) is 0 Å². The second kappa shape index (κ2) is 6.17. The lowest BCUT2D eigenvalue weighted by atomic mass is 10.1. The van der Waals surface area contributed by atoms with E-state index in [0.717, 1.165) is 0 Å². The topological polar surface area (TPSA) is 95.5 Å². The average molecular weight is 252 g/mol. The Labute approximate surface area is 96.6 Å². The molecule has 0 aromatic rings. The summed E-state index contributed by atoms with van der Waals surface area (Å²) in [6.07, 6.45) is 0. The van der Waals surface area contributed by atoms with E-state index in [2.05, 4.69) is 9.44 Å². The molecule has 0 aromatic heterocycles. The summed E-state index contributed by atoms with van der Waals surface area (Å²) in [6.45, 7) is 7.28. The lowest BCUT2D eigenvalue weighted by Crippen LogP contribution is -2.49. The van der Waals surface area contributed by atoms with Crippen LogP contribution >= 0.6 is 0 Å². The first-order valence-electron chi connectivity index (χ1n) is 5.15. The van der Waals surface area contributed by atoms with Crippen molar-refractivity contribution in [3.05, 3.63) is 0 Å². The Kier molecular flexibility index (Phi) is 5.91. The van der Waals surface area contributed by atoms with Crippen LogP contribution < -0.4 is 9.44 Å². The van der Waals surface area contributed by atoms with Crippen LogP contribution in [0, 0.1) is 11.8 Å². The van der Waals surface area contributed by atoms with E-state index in [9.17, 15) is 13.2 Å². The minimum Gasteiger partial charge on any atom is -0.480 e. The summed E-state index contributed by atoms with van der Waals surface area (Å²) < 4.78 is 27.3. The number of nitrogens with one attached hydrogen (secondary N) is 2. The second-order valence-electron chi connectivity index (χ2n) is 4.42. The molecule has 0 aliphatic heterocycles. The minimum atomic E-state index is -3.75. The molecule has 0 aliphatic carbocycles. The highest BCUT2D eigenvalue weighted by Crippen LogP contribution is 2.03. The van der Waals surface area contributed by atoms with Crippen LogP contribution in [0.3, 0.4) is 0 Å². The molecule has 0 spiro atoms. The van der Waals surface area contributed by atoms with Crippen LogP contribution in [0.25, 0.3) is 0 Å². The van der Waals surface area contributed by atoms with Crippen molar-refractivity contribution < 1.29 is 18.3 Å². The maximum atomic E-state index is 11.5. The first kappa shape index (κ1) is 15.3. The quantitative estimate of drug-likeness (QED) is 0.602. The van der Waals surface area contributed by atoms with Gasteiger partial charge >= 0.3 is 5.97 Å². The van der Waals surface area contributed by atoms with Crippen LogP contribution in [-0.2, 0) is 15.0 Å². The number of carbonyl (C=O) groups is 1. The zero-order valence-corrected chi connectivity index (χ0v) is 10.8. The number of carboxylic acid groups (broad SMARTS) is 1. The molecule has 3 N–H and O–H groups in total.